The summed E-state index contributed by atoms with van der Waals surface area (Å²) in [5.74, 6) is 2.43. The van der Waals surface area contributed by atoms with Crippen LogP contribution in [-0.4, -0.2) is 57.9 Å². The number of nitrogens with zero attached hydrogens (tertiary/aromatic N) is 5. The summed E-state index contributed by atoms with van der Waals surface area (Å²) in [7, 11) is 1.57. The Hall–Kier alpha value is -4.38. The maximum Gasteiger partial charge on any atom is 0.250 e. The predicted molar refractivity (Wildman–Crippen MR) is 146 cm³/mol. The van der Waals surface area contributed by atoms with Gasteiger partial charge in [0.15, 0.2) is 22.5 Å². The van der Waals surface area contributed by atoms with E-state index in [-0.39, 0.29) is 11.7 Å². The van der Waals surface area contributed by atoms with Crippen molar-refractivity contribution in [3.05, 3.63) is 72.6 Å². The van der Waals surface area contributed by atoms with Crippen LogP contribution < -0.4 is 19.6 Å². The van der Waals surface area contributed by atoms with Crippen molar-refractivity contribution < 1.29 is 19.0 Å². The van der Waals surface area contributed by atoms with Gasteiger partial charge < -0.3 is 14.2 Å². The fourth-order valence-corrected chi connectivity index (χ4v) is 4.26. The number of benzene rings is 2. The van der Waals surface area contributed by atoms with Gasteiger partial charge in [0.25, 0.3) is 5.91 Å². The fraction of sp³-hybridized carbons (Fsp3) is 0.222. The molecule has 11 heteroatoms. The van der Waals surface area contributed by atoms with Crippen molar-refractivity contribution in [2.24, 2.45) is 5.10 Å². The van der Waals surface area contributed by atoms with Gasteiger partial charge >= 0.3 is 0 Å². The highest BCUT2D eigenvalue weighted by Gasteiger charge is 2.17. The minimum atomic E-state index is -0.284. The number of rotatable bonds is 12. The standard InChI is InChI=1S/C27H28N6O4S/c1-4-36-22-11-9-21(10-12-22)33-26(20-7-6-14-28-17-20)31-32-27(33)38-18-25(34)30-29-16-19-8-13-23(37-5-2)24(15-19)35-3/h6-17H,4-5,18H2,1-3H3,(H,30,34)/b29-16+. The minimum Gasteiger partial charge on any atom is -0.494 e. The molecule has 10 nitrogen and oxygen atoms in total. The van der Waals surface area contributed by atoms with Crippen molar-refractivity contribution in [1.82, 2.24) is 25.2 Å². The van der Waals surface area contributed by atoms with E-state index < -0.39 is 0 Å². The zero-order chi connectivity index (χ0) is 26.7. The van der Waals surface area contributed by atoms with Gasteiger partial charge in [-0.2, -0.15) is 5.10 Å². The highest BCUT2D eigenvalue weighted by atomic mass is 32.2. The smallest absolute Gasteiger partial charge is 0.250 e. The number of aromatic nitrogens is 4. The lowest BCUT2D eigenvalue weighted by Crippen LogP contribution is -2.20. The molecule has 0 unspecified atom stereocenters. The maximum absolute atomic E-state index is 12.5. The van der Waals surface area contributed by atoms with Crippen LogP contribution in [0, 0.1) is 0 Å². The molecule has 0 aliphatic heterocycles. The number of hydrogen-bond acceptors (Lipinski definition) is 9. The quantitative estimate of drug-likeness (QED) is 0.163. The molecule has 1 N–H and O–H groups in total. The number of thioether (sulfide) groups is 1. The summed E-state index contributed by atoms with van der Waals surface area (Å²) in [5.41, 5.74) is 4.95. The lowest BCUT2D eigenvalue weighted by atomic mass is 10.2. The number of nitrogens with one attached hydrogen (secondary N) is 1. The van der Waals surface area contributed by atoms with Crippen LogP contribution in [0.2, 0.25) is 0 Å². The number of ether oxygens (including phenoxy) is 3. The molecule has 196 valence electrons. The second kappa shape index (κ2) is 13.2. The number of hydrogen-bond donors (Lipinski definition) is 1. The first kappa shape index (κ1) is 26.7. The van der Waals surface area contributed by atoms with Crippen LogP contribution in [0.5, 0.6) is 17.2 Å². The normalized spacial score (nSPS) is 10.9. The highest BCUT2D eigenvalue weighted by molar-refractivity contribution is 7.99. The number of carbonyl (C=O) groups excluding carboxylic acids is 1. The van der Waals surface area contributed by atoms with E-state index in [4.69, 9.17) is 14.2 Å². The molecule has 0 bridgehead atoms. The van der Waals surface area contributed by atoms with Gasteiger partial charge in [0, 0.05) is 23.6 Å². The SMILES string of the molecule is CCOc1ccc(-n2c(SCC(=O)N/N=C/c3ccc(OCC)c(OC)c3)nnc2-c2cccnc2)cc1. The Morgan fingerprint density at radius 2 is 1.87 bits per heavy atom. The van der Waals surface area contributed by atoms with Crippen LogP contribution in [-0.2, 0) is 4.79 Å². The number of amides is 1. The molecular weight excluding hydrogens is 504 g/mol. The average Bonchev–Trinajstić information content (AvgIpc) is 3.38. The first-order valence-electron chi connectivity index (χ1n) is 12.0. The van der Waals surface area contributed by atoms with Crippen molar-refractivity contribution in [3.63, 3.8) is 0 Å². The monoisotopic (exact) mass is 532 g/mol. The Kier molecular flexibility index (Phi) is 9.30. The van der Waals surface area contributed by atoms with Crippen LogP contribution in [0.4, 0.5) is 0 Å². The minimum absolute atomic E-state index is 0.0894. The molecular formula is C27H28N6O4S. The van der Waals surface area contributed by atoms with E-state index in [0.29, 0.717) is 35.7 Å². The van der Waals surface area contributed by atoms with Crippen LogP contribution in [0.25, 0.3) is 17.1 Å². The molecule has 0 aliphatic rings. The first-order chi connectivity index (χ1) is 18.6. The highest BCUT2D eigenvalue weighted by Crippen LogP contribution is 2.29. The molecule has 2 aromatic heterocycles. The Labute approximate surface area is 225 Å². The third kappa shape index (κ3) is 6.68. The van der Waals surface area contributed by atoms with Crippen molar-refractivity contribution in [1.29, 1.82) is 0 Å². The fourth-order valence-electron chi connectivity index (χ4n) is 3.52. The summed E-state index contributed by atoms with van der Waals surface area (Å²) in [6, 6.07) is 16.8. The maximum atomic E-state index is 12.5. The molecule has 0 atom stereocenters. The largest absolute Gasteiger partial charge is 0.494 e. The van der Waals surface area contributed by atoms with Crippen molar-refractivity contribution in [2.45, 2.75) is 19.0 Å². The summed E-state index contributed by atoms with van der Waals surface area (Å²) >= 11 is 1.25. The summed E-state index contributed by atoms with van der Waals surface area (Å²) < 4.78 is 18.3. The van der Waals surface area contributed by atoms with Gasteiger partial charge in [-0.05, 0) is 74.0 Å². The molecule has 0 radical (unpaired) electrons. The molecule has 0 saturated heterocycles. The Bertz CT molecular complexity index is 1380. The van der Waals surface area contributed by atoms with Gasteiger partial charge in [-0.3, -0.25) is 14.3 Å². The van der Waals surface area contributed by atoms with E-state index in [9.17, 15) is 4.79 Å². The van der Waals surface area contributed by atoms with Gasteiger partial charge in [-0.25, -0.2) is 5.43 Å². The Morgan fingerprint density at radius 3 is 2.58 bits per heavy atom. The van der Waals surface area contributed by atoms with Crippen LogP contribution in [0.3, 0.4) is 0 Å². The van der Waals surface area contributed by atoms with E-state index in [1.54, 1.807) is 37.9 Å². The topological polar surface area (TPSA) is 113 Å². The number of methoxy groups -OCH3 is 1. The van der Waals surface area contributed by atoms with Gasteiger partial charge in [0.1, 0.15) is 5.75 Å². The summed E-state index contributed by atoms with van der Waals surface area (Å²) in [5, 5.41) is 13.3. The predicted octanol–water partition coefficient (Wildman–Crippen LogP) is 4.38. The van der Waals surface area contributed by atoms with Gasteiger partial charge in [-0.15, -0.1) is 10.2 Å². The number of hydrazone groups is 1. The molecule has 0 fully saturated rings. The van der Waals surface area contributed by atoms with Gasteiger partial charge in [0.05, 0.1) is 32.3 Å². The van der Waals surface area contributed by atoms with Crippen molar-refractivity contribution in [3.8, 4) is 34.3 Å². The average molecular weight is 533 g/mol. The Morgan fingerprint density at radius 1 is 1.05 bits per heavy atom. The summed E-state index contributed by atoms with van der Waals surface area (Å²) in [6.45, 7) is 4.96. The lowest BCUT2D eigenvalue weighted by Gasteiger charge is -2.11. The molecule has 0 aliphatic carbocycles. The van der Waals surface area contributed by atoms with E-state index in [1.807, 2.05) is 60.9 Å². The van der Waals surface area contributed by atoms with Gasteiger partial charge in [0.2, 0.25) is 0 Å². The number of carbonyl (C=O) groups is 1. The second-order valence-corrected chi connectivity index (χ2v) is 8.68. The second-order valence-electron chi connectivity index (χ2n) is 7.74. The molecule has 2 aromatic carbocycles. The molecule has 4 aromatic rings. The molecule has 0 saturated carbocycles. The number of pyridine rings is 1. The Balaban J connectivity index is 1.46. The zero-order valence-electron chi connectivity index (χ0n) is 21.3. The van der Waals surface area contributed by atoms with E-state index >= 15 is 0 Å². The van der Waals surface area contributed by atoms with Crippen LogP contribution >= 0.6 is 11.8 Å². The van der Waals surface area contributed by atoms with Crippen LogP contribution in [0.1, 0.15) is 19.4 Å². The summed E-state index contributed by atoms with van der Waals surface area (Å²) in [4.78, 5) is 16.7. The van der Waals surface area contributed by atoms with Crippen molar-refractivity contribution in [2.75, 3.05) is 26.1 Å². The molecule has 2 heterocycles. The zero-order valence-corrected chi connectivity index (χ0v) is 22.1. The first-order valence-corrected chi connectivity index (χ1v) is 13.0. The molecule has 4 rings (SSSR count). The third-order valence-corrected chi connectivity index (χ3v) is 6.11. The molecule has 38 heavy (non-hydrogen) atoms. The van der Waals surface area contributed by atoms with Crippen molar-refractivity contribution >= 4 is 23.9 Å². The molecule has 1 amide bonds. The third-order valence-electron chi connectivity index (χ3n) is 5.18. The van der Waals surface area contributed by atoms with E-state index in [1.165, 1.54) is 11.8 Å². The van der Waals surface area contributed by atoms with Crippen LogP contribution in [0.15, 0.2) is 77.2 Å². The molecule has 0 spiro atoms. The van der Waals surface area contributed by atoms with Gasteiger partial charge in [-0.1, -0.05) is 11.8 Å². The van der Waals surface area contributed by atoms with E-state index in [2.05, 4.69) is 25.7 Å². The summed E-state index contributed by atoms with van der Waals surface area (Å²) in [6.07, 6.45) is 4.97. The lowest BCUT2D eigenvalue weighted by molar-refractivity contribution is -0.118. The van der Waals surface area contributed by atoms with E-state index in [0.717, 1.165) is 22.6 Å².